The van der Waals surface area contributed by atoms with Gasteiger partial charge < -0.3 is 14.8 Å². The number of benzene rings is 2. The summed E-state index contributed by atoms with van der Waals surface area (Å²) >= 11 is 0. The van der Waals surface area contributed by atoms with Gasteiger partial charge in [-0.2, -0.15) is 0 Å². The Labute approximate surface area is 135 Å². The van der Waals surface area contributed by atoms with Crippen LogP contribution in [-0.2, 0) is 14.3 Å². The third kappa shape index (κ3) is 5.47. The minimum Gasteiger partial charge on any atom is -0.482 e. The van der Waals surface area contributed by atoms with Gasteiger partial charge in [0.25, 0.3) is 5.91 Å². The quantitative estimate of drug-likeness (QED) is 0.833. The molecule has 0 aliphatic heterocycles. The maximum atomic E-state index is 11.9. The van der Waals surface area contributed by atoms with Gasteiger partial charge in [-0.1, -0.05) is 30.3 Å². The van der Waals surface area contributed by atoms with Crippen molar-refractivity contribution in [1.82, 2.24) is 0 Å². The third-order valence-electron chi connectivity index (χ3n) is 3.07. The highest BCUT2D eigenvalue weighted by molar-refractivity contribution is 5.95. The van der Waals surface area contributed by atoms with E-state index < -0.39 is 12.1 Å². The summed E-state index contributed by atoms with van der Waals surface area (Å²) in [6, 6.07) is 16.3. The summed E-state index contributed by atoms with van der Waals surface area (Å²) in [6.07, 6.45) is -0.899. The first-order chi connectivity index (χ1) is 11.0. The molecule has 23 heavy (non-hydrogen) atoms. The Morgan fingerprint density at radius 2 is 1.83 bits per heavy atom. The van der Waals surface area contributed by atoms with E-state index in [-0.39, 0.29) is 12.5 Å². The predicted molar refractivity (Wildman–Crippen MR) is 87.3 cm³/mol. The maximum absolute atomic E-state index is 11.9. The first-order valence-corrected chi connectivity index (χ1v) is 7.29. The number of ether oxygens (including phenoxy) is 2. The van der Waals surface area contributed by atoms with Gasteiger partial charge >= 0.3 is 5.97 Å². The topological polar surface area (TPSA) is 64.6 Å². The summed E-state index contributed by atoms with van der Waals surface area (Å²) in [6.45, 7) is 3.20. The molecule has 120 valence electrons. The van der Waals surface area contributed by atoms with Gasteiger partial charge in [-0.15, -0.1) is 0 Å². The van der Waals surface area contributed by atoms with Crippen LogP contribution in [0.3, 0.4) is 0 Å². The number of para-hydroxylation sites is 1. The zero-order valence-corrected chi connectivity index (χ0v) is 13.1. The van der Waals surface area contributed by atoms with Gasteiger partial charge in [-0.25, -0.2) is 4.79 Å². The molecule has 0 saturated carbocycles. The second kappa shape index (κ2) is 7.98. The first kappa shape index (κ1) is 16.5. The average Bonchev–Trinajstić information content (AvgIpc) is 2.54. The SMILES string of the molecule is Cc1cccc(OCC(=O)O[C@H](C)C(=O)Nc2ccccc2)c1. The molecular formula is C18H19NO4. The van der Waals surface area contributed by atoms with Gasteiger partial charge in [0, 0.05) is 5.69 Å². The van der Waals surface area contributed by atoms with Crippen LogP contribution < -0.4 is 10.1 Å². The molecule has 5 heteroatoms. The Bertz CT molecular complexity index is 670. The second-order valence-electron chi connectivity index (χ2n) is 5.09. The molecule has 2 aromatic carbocycles. The van der Waals surface area contributed by atoms with Crippen molar-refractivity contribution < 1.29 is 19.1 Å². The van der Waals surface area contributed by atoms with Gasteiger partial charge in [-0.05, 0) is 43.7 Å². The van der Waals surface area contributed by atoms with Crippen molar-refractivity contribution in [3.8, 4) is 5.75 Å². The van der Waals surface area contributed by atoms with Crippen LogP contribution in [0.4, 0.5) is 5.69 Å². The average molecular weight is 313 g/mol. The van der Waals surface area contributed by atoms with Crippen LogP contribution >= 0.6 is 0 Å². The van der Waals surface area contributed by atoms with E-state index in [0.29, 0.717) is 11.4 Å². The number of carbonyl (C=O) groups excluding carboxylic acids is 2. The van der Waals surface area contributed by atoms with E-state index in [4.69, 9.17) is 9.47 Å². The molecule has 1 amide bonds. The third-order valence-corrected chi connectivity index (χ3v) is 3.07. The summed E-state index contributed by atoms with van der Waals surface area (Å²) in [7, 11) is 0. The summed E-state index contributed by atoms with van der Waals surface area (Å²) in [5.74, 6) is -0.398. The highest BCUT2D eigenvalue weighted by atomic mass is 16.6. The van der Waals surface area contributed by atoms with Crippen molar-refractivity contribution in [3.63, 3.8) is 0 Å². The Kier molecular flexibility index (Phi) is 5.74. The lowest BCUT2D eigenvalue weighted by atomic mass is 10.2. The highest BCUT2D eigenvalue weighted by Crippen LogP contribution is 2.12. The van der Waals surface area contributed by atoms with E-state index in [1.54, 1.807) is 18.2 Å². The molecule has 2 rings (SSSR count). The van der Waals surface area contributed by atoms with E-state index in [9.17, 15) is 9.59 Å². The normalized spacial score (nSPS) is 11.4. The molecule has 0 radical (unpaired) electrons. The van der Waals surface area contributed by atoms with E-state index in [1.165, 1.54) is 6.92 Å². The van der Waals surface area contributed by atoms with Crippen molar-refractivity contribution in [2.75, 3.05) is 11.9 Å². The number of hydrogen-bond donors (Lipinski definition) is 1. The minimum atomic E-state index is -0.899. The number of amides is 1. The monoisotopic (exact) mass is 313 g/mol. The van der Waals surface area contributed by atoms with Gasteiger partial charge in [0.15, 0.2) is 12.7 Å². The number of hydrogen-bond acceptors (Lipinski definition) is 4. The van der Waals surface area contributed by atoms with Gasteiger partial charge in [-0.3, -0.25) is 4.79 Å². The Balaban J connectivity index is 1.79. The van der Waals surface area contributed by atoms with Crippen LogP contribution in [0.2, 0.25) is 0 Å². The van der Waals surface area contributed by atoms with Crippen LogP contribution in [0.25, 0.3) is 0 Å². The van der Waals surface area contributed by atoms with E-state index in [1.807, 2.05) is 43.3 Å². The molecule has 0 heterocycles. The van der Waals surface area contributed by atoms with Crippen LogP contribution in [0.5, 0.6) is 5.75 Å². The standard InChI is InChI=1S/C18H19NO4/c1-13-7-6-10-16(11-13)22-12-17(20)23-14(2)18(21)19-15-8-4-3-5-9-15/h3-11,14H,12H2,1-2H3,(H,19,21)/t14-/m1/s1. The van der Waals surface area contributed by atoms with E-state index >= 15 is 0 Å². The molecular weight excluding hydrogens is 294 g/mol. The van der Waals surface area contributed by atoms with Crippen molar-refractivity contribution in [3.05, 3.63) is 60.2 Å². The van der Waals surface area contributed by atoms with E-state index in [0.717, 1.165) is 5.56 Å². The number of esters is 1. The zero-order chi connectivity index (χ0) is 16.7. The van der Waals surface area contributed by atoms with Crippen LogP contribution in [0.1, 0.15) is 12.5 Å². The Morgan fingerprint density at radius 3 is 2.52 bits per heavy atom. The molecule has 1 N–H and O–H groups in total. The molecule has 0 bridgehead atoms. The fourth-order valence-electron chi connectivity index (χ4n) is 1.90. The first-order valence-electron chi connectivity index (χ1n) is 7.29. The largest absolute Gasteiger partial charge is 0.482 e. The highest BCUT2D eigenvalue weighted by Gasteiger charge is 2.18. The number of nitrogens with one attached hydrogen (secondary N) is 1. The Morgan fingerprint density at radius 1 is 1.09 bits per heavy atom. The fraction of sp³-hybridized carbons (Fsp3) is 0.222. The van der Waals surface area contributed by atoms with Crippen LogP contribution in [0.15, 0.2) is 54.6 Å². The van der Waals surface area contributed by atoms with Crippen LogP contribution in [0, 0.1) is 6.92 Å². The number of anilines is 1. The molecule has 1 atom stereocenters. The van der Waals surface area contributed by atoms with Gasteiger partial charge in [0.2, 0.25) is 0 Å². The lowest BCUT2D eigenvalue weighted by molar-refractivity contribution is -0.155. The summed E-state index contributed by atoms with van der Waals surface area (Å²) in [5.41, 5.74) is 1.68. The smallest absolute Gasteiger partial charge is 0.344 e. The second-order valence-corrected chi connectivity index (χ2v) is 5.09. The zero-order valence-electron chi connectivity index (χ0n) is 13.1. The van der Waals surface area contributed by atoms with Crippen molar-refractivity contribution in [1.29, 1.82) is 0 Å². The van der Waals surface area contributed by atoms with Crippen LogP contribution in [-0.4, -0.2) is 24.6 Å². The van der Waals surface area contributed by atoms with Crippen molar-refractivity contribution >= 4 is 17.6 Å². The molecule has 0 aliphatic carbocycles. The number of rotatable bonds is 6. The minimum absolute atomic E-state index is 0.244. The predicted octanol–water partition coefficient (Wildman–Crippen LogP) is 2.94. The number of carbonyl (C=O) groups is 2. The molecule has 0 aromatic heterocycles. The molecule has 5 nitrogen and oxygen atoms in total. The van der Waals surface area contributed by atoms with Crippen molar-refractivity contribution in [2.45, 2.75) is 20.0 Å². The number of aryl methyl sites for hydroxylation is 1. The van der Waals surface area contributed by atoms with Crippen molar-refractivity contribution in [2.24, 2.45) is 0 Å². The molecule has 0 fully saturated rings. The lowest BCUT2D eigenvalue weighted by Gasteiger charge is -2.14. The lowest BCUT2D eigenvalue weighted by Crippen LogP contribution is -2.31. The molecule has 2 aromatic rings. The summed E-state index contributed by atoms with van der Waals surface area (Å²) in [4.78, 5) is 23.7. The molecule has 0 aliphatic rings. The Hall–Kier alpha value is -2.82. The summed E-state index contributed by atoms with van der Waals surface area (Å²) < 4.78 is 10.4. The molecule has 0 spiro atoms. The fourth-order valence-corrected chi connectivity index (χ4v) is 1.90. The van der Waals surface area contributed by atoms with Gasteiger partial charge in [0.05, 0.1) is 0 Å². The molecule has 0 saturated heterocycles. The maximum Gasteiger partial charge on any atom is 0.344 e. The summed E-state index contributed by atoms with van der Waals surface area (Å²) in [5, 5.41) is 2.67. The van der Waals surface area contributed by atoms with Gasteiger partial charge in [0.1, 0.15) is 5.75 Å². The van der Waals surface area contributed by atoms with E-state index in [2.05, 4.69) is 5.32 Å². The molecule has 0 unspecified atom stereocenters.